The van der Waals surface area contributed by atoms with Crippen LogP contribution in [-0.4, -0.2) is 11.9 Å². The van der Waals surface area contributed by atoms with Crippen molar-refractivity contribution in [3.05, 3.63) is 58.9 Å². The molecule has 6 heteroatoms. The number of hydrogen-bond acceptors (Lipinski definition) is 3. The number of benzene rings is 2. The fourth-order valence-electron chi connectivity index (χ4n) is 2.65. The standard InChI is InChI=1S/C19H22ClFN2O2/c1-3-16(23-12(2)11-17(22)24)14-9-10-15(20)19(18(14)21)25-13-7-5-4-6-8-13/h4-10,12,16,23H,3,11H2,1-2H3,(H2,22,24). The highest BCUT2D eigenvalue weighted by Crippen LogP contribution is 2.36. The Bertz CT molecular complexity index is 725. The normalized spacial score (nSPS) is 13.3. The van der Waals surface area contributed by atoms with Crippen molar-refractivity contribution in [1.82, 2.24) is 5.32 Å². The molecule has 2 rings (SSSR count). The minimum Gasteiger partial charge on any atom is -0.453 e. The van der Waals surface area contributed by atoms with E-state index in [0.29, 0.717) is 17.7 Å². The molecular formula is C19H22ClFN2O2. The van der Waals surface area contributed by atoms with Crippen LogP contribution in [0.2, 0.25) is 5.02 Å². The maximum atomic E-state index is 15.0. The molecule has 0 saturated heterocycles. The number of nitrogens with two attached hydrogens (primary N) is 1. The number of nitrogens with one attached hydrogen (secondary N) is 1. The lowest BCUT2D eigenvalue weighted by Crippen LogP contribution is -2.34. The summed E-state index contributed by atoms with van der Waals surface area (Å²) in [6, 6.07) is 11.7. The molecule has 4 nitrogen and oxygen atoms in total. The maximum absolute atomic E-state index is 15.0. The van der Waals surface area contributed by atoms with E-state index in [1.54, 1.807) is 36.4 Å². The van der Waals surface area contributed by atoms with E-state index in [1.165, 1.54) is 0 Å². The SMILES string of the molecule is CCC(NC(C)CC(N)=O)c1ccc(Cl)c(Oc2ccccc2)c1F. The second-order valence-electron chi connectivity index (χ2n) is 5.89. The lowest BCUT2D eigenvalue weighted by atomic mass is 10.0. The van der Waals surface area contributed by atoms with Crippen LogP contribution >= 0.6 is 11.6 Å². The van der Waals surface area contributed by atoms with Gasteiger partial charge in [0.25, 0.3) is 0 Å². The number of halogens is 2. The summed E-state index contributed by atoms with van der Waals surface area (Å²) < 4.78 is 20.7. The van der Waals surface area contributed by atoms with Crippen LogP contribution in [0, 0.1) is 5.82 Å². The van der Waals surface area contributed by atoms with E-state index >= 15 is 4.39 Å². The number of primary amides is 1. The number of para-hydroxylation sites is 1. The summed E-state index contributed by atoms with van der Waals surface area (Å²) in [5.41, 5.74) is 5.66. The monoisotopic (exact) mass is 364 g/mol. The molecule has 2 aromatic rings. The number of ether oxygens (including phenoxy) is 1. The molecule has 0 heterocycles. The van der Waals surface area contributed by atoms with Gasteiger partial charge in [-0.05, 0) is 31.5 Å². The van der Waals surface area contributed by atoms with Crippen molar-refractivity contribution < 1.29 is 13.9 Å². The number of carbonyl (C=O) groups is 1. The third kappa shape index (κ3) is 5.18. The average Bonchev–Trinajstić information content (AvgIpc) is 2.57. The number of hydrogen-bond donors (Lipinski definition) is 2. The van der Waals surface area contributed by atoms with Crippen LogP contribution in [-0.2, 0) is 4.79 Å². The first-order valence-corrected chi connectivity index (χ1v) is 8.55. The third-order valence-corrected chi connectivity index (χ3v) is 4.12. The highest BCUT2D eigenvalue weighted by molar-refractivity contribution is 6.32. The summed E-state index contributed by atoms with van der Waals surface area (Å²) in [4.78, 5) is 11.1. The molecule has 0 spiro atoms. The van der Waals surface area contributed by atoms with E-state index < -0.39 is 11.7 Å². The van der Waals surface area contributed by atoms with Crippen molar-refractivity contribution >= 4 is 17.5 Å². The molecular weight excluding hydrogens is 343 g/mol. The van der Waals surface area contributed by atoms with Gasteiger partial charge in [-0.1, -0.05) is 42.8 Å². The van der Waals surface area contributed by atoms with Crippen LogP contribution in [0.5, 0.6) is 11.5 Å². The first-order chi connectivity index (χ1) is 11.9. The Morgan fingerprint density at radius 2 is 1.96 bits per heavy atom. The summed E-state index contributed by atoms with van der Waals surface area (Å²) in [6.45, 7) is 3.77. The van der Waals surface area contributed by atoms with E-state index in [4.69, 9.17) is 22.1 Å². The van der Waals surface area contributed by atoms with Gasteiger partial charge in [0, 0.05) is 24.1 Å². The van der Waals surface area contributed by atoms with Crippen molar-refractivity contribution in [3.63, 3.8) is 0 Å². The van der Waals surface area contributed by atoms with Crippen molar-refractivity contribution in [2.45, 2.75) is 38.8 Å². The summed E-state index contributed by atoms with van der Waals surface area (Å²) in [6.07, 6.45) is 0.811. The lowest BCUT2D eigenvalue weighted by Gasteiger charge is -2.23. The first-order valence-electron chi connectivity index (χ1n) is 8.17. The van der Waals surface area contributed by atoms with Crippen LogP contribution in [0.25, 0.3) is 0 Å². The van der Waals surface area contributed by atoms with Crippen molar-refractivity contribution in [2.75, 3.05) is 0 Å². The molecule has 0 aliphatic heterocycles. The van der Waals surface area contributed by atoms with Gasteiger partial charge in [0.15, 0.2) is 11.6 Å². The Labute approximate surface area is 152 Å². The smallest absolute Gasteiger partial charge is 0.218 e. The predicted octanol–water partition coefficient (Wildman–Crippen LogP) is 4.58. The first kappa shape index (κ1) is 19.2. The van der Waals surface area contributed by atoms with Gasteiger partial charge in [0.1, 0.15) is 5.75 Å². The molecule has 0 bridgehead atoms. The maximum Gasteiger partial charge on any atom is 0.218 e. The van der Waals surface area contributed by atoms with Crippen LogP contribution in [0.3, 0.4) is 0 Å². The van der Waals surface area contributed by atoms with Crippen molar-refractivity contribution in [2.24, 2.45) is 5.73 Å². The Hall–Kier alpha value is -2.11. The van der Waals surface area contributed by atoms with E-state index in [9.17, 15) is 4.79 Å². The molecule has 0 radical (unpaired) electrons. The van der Waals surface area contributed by atoms with Crippen molar-refractivity contribution in [3.8, 4) is 11.5 Å². The fourth-order valence-corrected chi connectivity index (χ4v) is 2.83. The molecule has 134 valence electrons. The second kappa shape index (κ2) is 8.83. The molecule has 2 aromatic carbocycles. The lowest BCUT2D eigenvalue weighted by molar-refractivity contribution is -0.118. The zero-order chi connectivity index (χ0) is 18.4. The number of carbonyl (C=O) groups excluding carboxylic acids is 1. The molecule has 0 aromatic heterocycles. The molecule has 25 heavy (non-hydrogen) atoms. The van der Waals surface area contributed by atoms with Gasteiger partial charge >= 0.3 is 0 Å². The molecule has 2 atom stereocenters. The fraction of sp³-hybridized carbons (Fsp3) is 0.316. The molecule has 0 fully saturated rings. The van der Waals surface area contributed by atoms with E-state index in [2.05, 4.69) is 5.32 Å². The molecule has 0 aliphatic carbocycles. The predicted molar refractivity (Wildman–Crippen MR) is 97.4 cm³/mol. The topological polar surface area (TPSA) is 64.3 Å². The van der Waals surface area contributed by atoms with Gasteiger partial charge in [-0.3, -0.25) is 4.79 Å². The van der Waals surface area contributed by atoms with Crippen LogP contribution < -0.4 is 15.8 Å². The van der Waals surface area contributed by atoms with Gasteiger partial charge < -0.3 is 15.8 Å². The number of amides is 1. The third-order valence-electron chi connectivity index (χ3n) is 3.82. The largest absolute Gasteiger partial charge is 0.453 e. The zero-order valence-corrected chi connectivity index (χ0v) is 15.0. The van der Waals surface area contributed by atoms with Gasteiger partial charge in [0.2, 0.25) is 5.91 Å². The molecule has 0 saturated carbocycles. The Morgan fingerprint density at radius 1 is 1.28 bits per heavy atom. The number of rotatable bonds is 8. The van der Waals surface area contributed by atoms with E-state index in [0.717, 1.165) is 0 Å². The molecule has 1 amide bonds. The van der Waals surface area contributed by atoms with Crippen LogP contribution in [0.15, 0.2) is 42.5 Å². The van der Waals surface area contributed by atoms with E-state index in [1.807, 2.05) is 19.9 Å². The van der Waals surface area contributed by atoms with Crippen LogP contribution in [0.1, 0.15) is 38.3 Å². The summed E-state index contributed by atoms with van der Waals surface area (Å²) in [5.74, 6) is -0.418. The highest BCUT2D eigenvalue weighted by Gasteiger charge is 2.22. The summed E-state index contributed by atoms with van der Waals surface area (Å²) in [7, 11) is 0. The molecule has 0 aliphatic rings. The Morgan fingerprint density at radius 3 is 2.56 bits per heavy atom. The summed E-state index contributed by atoms with van der Waals surface area (Å²) in [5, 5.41) is 3.43. The van der Waals surface area contributed by atoms with Crippen LogP contribution in [0.4, 0.5) is 4.39 Å². The van der Waals surface area contributed by atoms with Gasteiger partial charge in [-0.25, -0.2) is 4.39 Å². The Balaban J connectivity index is 2.28. The quantitative estimate of drug-likeness (QED) is 0.720. The minimum absolute atomic E-state index is 0.00632. The Kier molecular flexibility index (Phi) is 6.79. The second-order valence-corrected chi connectivity index (χ2v) is 6.30. The van der Waals surface area contributed by atoms with Gasteiger partial charge in [-0.2, -0.15) is 0 Å². The summed E-state index contributed by atoms with van der Waals surface area (Å²) >= 11 is 6.13. The highest BCUT2D eigenvalue weighted by atomic mass is 35.5. The molecule has 2 unspecified atom stereocenters. The average molecular weight is 365 g/mol. The van der Waals surface area contributed by atoms with E-state index in [-0.39, 0.29) is 29.3 Å². The minimum atomic E-state index is -0.512. The van der Waals surface area contributed by atoms with Gasteiger partial charge in [0.05, 0.1) is 5.02 Å². The molecule has 3 N–H and O–H groups in total. The zero-order valence-electron chi connectivity index (χ0n) is 14.3. The van der Waals surface area contributed by atoms with Crippen molar-refractivity contribution in [1.29, 1.82) is 0 Å². The van der Waals surface area contributed by atoms with Gasteiger partial charge in [-0.15, -0.1) is 0 Å².